The van der Waals surface area contributed by atoms with Gasteiger partial charge in [-0.1, -0.05) is 68.7 Å². The van der Waals surface area contributed by atoms with E-state index in [2.05, 4.69) is 11.9 Å². The van der Waals surface area contributed by atoms with E-state index < -0.39 is 11.9 Å². The zero-order chi connectivity index (χ0) is 20.7. The van der Waals surface area contributed by atoms with Crippen molar-refractivity contribution in [2.75, 3.05) is 6.61 Å². The molecule has 0 amide bonds. The Hall–Kier alpha value is -2.82. The fourth-order valence-electron chi connectivity index (χ4n) is 3.05. The number of pyridine rings is 1. The molecule has 0 aliphatic rings. The Bertz CT molecular complexity index is 885. The van der Waals surface area contributed by atoms with Gasteiger partial charge in [-0.3, -0.25) is 4.98 Å². The highest BCUT2D eigenvalue weighted by Gasteiger charge is 2.32. The van der Waals surface area contributed by atoms with Gasteiger partial charge in [0.2, 0.25) is 0 Å². The monoisotopic (exact) mass is 399 g/mol. The number of hydrogen-bond donors (Lipinski definition) is 0. The Morgan fingerprint density at radius 2 is 1.28 bits per heavy atom. The third-order valence-corrected chi connectivity index (χ3v) is 4.73. The van der Waals surface area contributed by atoms with Crippen LogP contribution in [0.25, 0.3) is 22.3 Å². The van der Waals surface area contributed by atoms with E-state index >= 15 is 0 Å². The van der Waals surface area contributed by atoms with Crippen molar-refractivity contribution < 1.29 is 17.9 Å². The molecule has 3 rings (SSSR count). The summed E-state index contributed by atoms with van der Waals surface area (Å²) in [5, 5.41) is 0. The van der Waals surface area contributed by atoms with Crippen molar-refractivity contribution in [3.63, 3.8) is 0 Å². The van der Waals surface area contributed by atoms with Gasteiger partial charge in [-0.25, -0.2) is 0 Å². The minimum Gasteiger partial charge on any atom is -0.494 e. The van der Waals surface area contributed by atoms with Crippen molar-refractivity contribution in [1.29, 1.82) is 0 Å². The van der Waals surface area contributed by atoms with Gasteiger partial charge in [0.15, 0.2) is 0 Å². The number of aromatic nitrogens is 1. The smallest absolute Gasteiger partial charge is 0.433 e. The maximum absolute atomic E-state index is 12.6. The average Bonchev–Trinajstić information content (AvgIpc) is 2.74. The van der Waals surface area contributed by atoms with Crippen LogP contribution in [0.5, 0.6) is 5.75 Å². The molecule has 0 bridgehead atoms. The number of halogens is 3. The predicted octanol–water partition coefficient (Wildman–Crippen LogP) is 7.39. The Labute approximate surface area is 169 Å². The van der Waals surface area contributed by atoms with E-state index in [-0.39, 0.29) is 0 Å². The molecule has 1 aromatic heterocycles. The summed E-state index contributed by atoms with van der Waals surface area (Å²) in [6, 6.07) is 18.1. The van der Waals surface area contributed by atoms with Gasteiger partial charge < -0.3 is 4.74 Å². The molecule has 0 N–H and O–H groups in total. The molecule has 2 nitrogen and oxygen atoms in total. The van der Waals surface area contributed by atoms with Crippen molar-refractivity contribution in [1.82, 2.24) is 4.98 Å². The molecule has 0 aliphatic carbocycles. The SMILES string of the molecule is CCCCCCOc1ccc(-c2ccc(-c3ccc(C(F)(F)F)nc3)cc2)cc1. The van der Waals surface area contributed by atoms with Crippen LogP contribution in [0.4, 0.5) is 13.2 Å². The second kappa shape index (κ2) is 9.59. The van der Waals surface area contributed by atoms with Gasteiger partial charge in [-0.15, -0.1) is 0 Å². The summed E-state index contributed by atoms with van der Waals surface area (Å²) in [5.74, 6) is 0.859. The zero-order valence-corrected chi connectivity index (χ0v) is 16.4. The number of ether oxygens (including phenoxy) is 1. The first-order chi connectivity index (χ1) is 14.0. The van der Waals surface area contributed by atoms with E-state index in [1.807, 2.05) is 48.5 Å². The molecule has 0 spiro atoms. The predicted molar refractivity (Wildman–Crippen MR) is 110 cm³/mol. The van der Waals surface area contributed by atoms with Gasteiger partial charge in [0.05, 0.1) is 6.61 Å². The van der Waals surface area contributed by atoms with Gasteiger partial charge >= 0.3 is 6.18 Å². The van der Waals surface area contributed by atoms with Gasteiger partial charge in [-0.2, -0.15) is 13.2 Å². The zero-order valence-electron chi connectivity index (χ0n) is 16.4. The third-order valence-electron chi connectivity index (χ3n) is 4.73. The van der Waals surface area contributed by atoms with Crippen LogP contribution < -0.4 is 4.74 Å². The molecule has 0 fully saturated rings. The first-order valence-electron chi connectivity index (χ1n) is 9.84. The van der Waals surface area contributed by atoms with Crippen molar-refractivity contribution >= 4 is 0 Å². The summed E-state index contributed by atoms with van der Waals surface area (Å²) < 4.78 is 43.7. The summed E-state index contributed by atoms with van der Waals surface area (Å²) in [6.07, 6.45) is 1.53. The van der Waals surface area contributed by atoms with E-state index in [9.17, 15) is 13.2 Å². The molecule has 152 valence electrons. The number of benzene rings is 2. The van der Waals surface area contributed by atoms with E-state index in [1.54, 1.807) is 0 Å². The summed E-state index contributed by atoms with van der Waals surface area (Å²) in [7, 11) is 0. The van der Waals surface area contributed by atoms with Crippen LogP contribution in [0.2, 0.25) is 0 Å². The van der Waals surface area contributed by atoms with Crippen LogP contribution in [0.1, 0.15) is 38.3 Å². The fourth-order valence-corrected chi connectivity index (χ4v) is 3.05. The highest BCUT2D eigenvalue weighted by molar-refractivity contribution is 5.70. The molecule has 1 heterocycles. The van der Waals surface area contributed by atoms with Gasteiger partial charge in [0.25, 0.3) is 0 Å². The Kier molecular flexibility index (Phi) is 6.91. The van der Waals surface area contributed by atoms with Gasteiger partial charge in [0.1, 0.15) is 11.4 Å². The molecule has 0 aliphatic heterocycles. The highest BCUT2D eigenvalue weighted by atomic mass is 19.4. The van der Waals surface area contributed by atoms with E-state index in [0.29, 0.717) is 5.56 Å². The van der Waals surface area contributed by atoms with Crippen LogP contribution in [-0.4, -0.2) is 11.6 Å². The van der Waals surface area contributed by atoms with Crippen LogP contribution in [-0.2, 0) is 6.18 Å². The lowest BCUT2D eigenvalue weighted by atomic mass is 10.0. The average molecular weight is 399 g/mol. The number of rotatable bonds is 8. The standard InChI is InChI=1S/C24H24F3NO/c1-2-3-4-5-16-29-22-13-10-19(11-14-22)18-6-8-20(9-7-18)21-12-15-23(28-17-21)24(25,26)27/h6-15,17H,2-5,16H2,1H3. The van der Waals surface area contributed by atoms with Crippen LogP contribution >= 0.6 is 0 Å². The summed E-state index contributed by atoms with van der Waals surface area (Å²) in [5.41, 5.74) is 2.67. The molecule has 0 saturated heterocycles. The molecular formula is C24H24F3NO. The second-order valence-corrected chi connectivity index (χ2v) is 6.94. The molecule has 0 radical (unpaired) electrons. The first kappa shape index (κ1) is 20.9. The van der Waals surface area contributed by atoms with Gasteiger partial charge in [0, 0.05) is 11.8 Å². The topological polar surface area (TPSA) is 22.1 Å². The third kappa shape index (κ3) is 5.83. The molecular weight excluding hydrogens is 375 g/mol. The van der Waals surface area contributed by atoms with Crippen molar-refractivity contribution in [2.45, 2.75) is 38.8 Å². The number of alkyl halides is 3. The van der Waals surface area contributed by atoms with E-state index in [1.165, 1.54) is 31.5 Å². The largest absolute Gasteiger partial charge is 0.494 e. The summed E-state index contributed by atoms with van der Waals surface area (Å²) >= 11 is 0. The molecule has 3 aromatic rings. The minimum absolute atomic E-state index is 0.649. The van der Waals surface area contributed by atoms with Gasteiger partial charge in [-0.05, 0) is 41.3 Å². The van der Waals surface area contributed by atoms with Crippen molar-refractivity contribution in [3.05, 3.63) is 72.6 Å². The van der Waals surface area contributed by atoms with Crippen LogP contribution in [0, 0.1) is 0 Å². The number of hydrogen-bond acceptors (Lipinski definition) is 2. The molecule has 29 heavy (non-hydrogen) atoms. The maximum atomic E-state index is 12.6. The maximum Gasteiger partial charge on any atom is 0.433 e. The molecule has 0 unspecified atom stereocenters. The van der Waals surface area contributed by atoms with E-state index in [0.717, 1.165) is 41.5 Å². The summed E-state index contributed by atoms with van der Waals surface area (Å²) in [4.78, 5) is 3.52. The fraction of sp³-hybridized carbons (Fsp3) is 0.292. The van der Waals surface area contributed by atoms with Crippen molar-refractivity contribution in [3.8, 4) is 28.0 Å². The lowest BCUT2D eigenvalue weighted by molar-refractivity contribution is -0.141. The molecule has 0 atom stereocenters. The molecule has 2 aromatic carbocycles. The van der Waals surface area contributed by atoms with E-state index in [4.69, 9.17) is 4.74 Å². The Balaban J connectivity index is 1.62. The minimum atomic E-state index is -4.42. The quantitative estimate of drug-likeness (QED) is 0.368. The normalized spacial score (nSPS) is 11.4. The number of nitrogens with zero attached hydrogens (tertiary/aromatic N) is 1. The summed E-state index contributed by atoms with van der Waals surface area (Å²) in [6.45, 7) is 2.92. The highest BCUT2D eigenvalue weighted by Crippen LogP contribution is 2.30. The first-order valence-corrected chi connectivity index (χ1v) is 9.84. The lowest BCUT2D eigenvalue weighted by Crippen LogP contribution is -2.07. The number of unbranched alkanes of at least 4 members (excludes halogenated alkanes) is 3. The lowest BCUT2D eigenvalue weighted by Gasteiger charge is -2.09. The van der Waals surface area contributed by atoms with Crippen LogP contribution in [0.3, 0.4) is 0 Å². The second-order valence-electron chi connectivity index (χ2n) is 6.94. The van der Waals surface area contributed by atoms with Crippen molar-refractivity contribution in [2.24, 2.45) is 0 Å². The Morgan fingerprint density at radius 3 is 1.79 bits per heavy atom. The molecule has 5 heteroatoms. The Morgan fingerprint density at radius 1 is 0.724 bits per heavy atom. The molecule has 0 saturated carbocycles. The van der Waals surface area contributed by atoms with Crippen LogP contribution in [0.15, 0.2) is 66.9 Å².